The van der Waals surface area contributed by atoms with Crippen molar-refractivity contribution in [2.45, 2.75) is 19.0 Å². The Kier molecular flexibility index (Phi) is 4.29. The number of rotatable bonds is 2. The van der Waals surface area contributed by atoms with Gasteiger partial charge in [0.1, 0.15) is 0 Å². The molecular weight excluding hydrogens is 336 g/mol. The van der Waals surface area contributed by atoms with Gasteiger partial charge in [0.25, 0.3) is 0 Å². The van der Waals surface area contributed by atoms with Crippen LogP contribution in [0, 0.1) is 0 Å². The highest BCUT2D eigenvalue weighted by molar-refractivity contribution is 9.10. The van der Waals surface area contributed by atoms with E-state index in [4.69, 9.17) is 11.6 Å². The minimum atomic E-state index is 0.292. The van der Waals surface area contributed by atoms with Crippen molar-refractivity contribution in [3.05, 3.63) is 63.1 Å². The molecule has 1 aliphatic heterocycles. The second kappa shape index (κ2) is 6.17. The van der Waals surface area contributed by atoms with E-state index in [9.17, 15) is 0 Å². The van der Waals surface area contributed by atoms with E-state index in [-0.39, 0.29) is 0 Å². The average molecular weight is 352 g/mol. The second-order valence-electron chi connectivity index (χ2n) is 4.99. The molecule has 20 heavy (non-hydrogen) atoms. The molecule has 2 nitrogen and oxygen atoms in total. The molecule has 0 fully saturated rings. The van der Waals surface area contributed by atoms with Gasteiger partial charge in [0, 0.05) is 11.0 Å². The van der Waals surface area contributed by atoms with E-state index in [1.54, 1.807) is 0 Å². The van der Waals surface area contributed by atoms with Gasteiger partial charge in [-0.1, -0.05) is 51.8 Å². The van der Waals surface area contributed by atoms with Crippen molar-refractivity contribution in [3.8, 4) is 0 Å². The second-order valence-corrected chi connectivity index (χ2v) is 6.31. The molecule has 0 aromatic heterocycles. The molecule has 1 unspecified atom stereocenters. The van der Waals surface area contributed by atoms with Gasteiger partial charge < -0.3 is 10.6 Å². The molecule has 0 bridgehead atoms. The summed E-state index contributed by atoms with van der Waals surface area (Å²) < 4.78 is 0.996. The molecule has 1 atom stereocenters. The van der Waals surface area contributed by atoms with Crippen LogP contribution in [0.5, 0.6) is 0 Å². The molecule has 1 heterocycles. The first kappa shape index (κ1) is 13.9. The smallest absolute Gasteiger partial charge is 0.0648 e. The van der Waals surface area contributed by atoms with Crippen molar-refractivity contribution in [1.29, 1.82) is 0 Å². The number of fused-ring (bicyclic) bond motifs is 1. The van der Waals surface area contributed by atoms with Crippen LogP contribution in [0.25, 0.3) is 0 Å². The number of halogens is 2. The molecule has 2 aromatic rings. The van der Waals surface area contributed by atoms with E-state index in [0.717, 1.165) is 34.7 Å². The Hall–Kier alpha value is -1.03. The van der Waals surface area contributed by atoms with Crippen LogP contribution in [-0.4, -0.2) is 6.54 Å². The third-order valence-corrected chi connectivity index (χ3v) is 4.42. The largest absolute Gasteiger partial charge is 0.377 e. The zero-order valence-electron chi connectivity index (χ0n) is 11.0. The Balaban J connectivity index is 1.90. The van der Waals surface area contributed by atoms with E-state index in [1.165, 1.54) is 11.1 Å². The molecule has 0 spiro atoms. The molecule has 0 saturated carbocycles. The van der Waals surface area contributed by atoms with Gasteiger partial charge in [-0.05, 0) is 42.3 Å². The van der Waals surface area contributed by atoms with Crippen LogP contribution < -0.4 is 10.6 Å². The number of benzene rings is 2. The first-order valence-electron chi connectivity index (χ1n) is 6.74. The highest BCUT2D eigenvalue weighted by Gasteiger charge is 2.18. The Labute approximate surface area is 132 Å². The minimum Gasteiger partial charge on any atom is -0.377 e. The molecule has 0 amide bonds. The standard InChI is InChI=1S/C16H16BrClN2/c17-12-5-6-16(14(18)9-12)20-15-7-8-19-10-11-3-1-2-4-13(11)15/h1-6,9,15,19-20H,7-8,10H2. The molecule has 104 valence electrons. The lowest BCUT2D eigenvalue weighted by molar-refractivity contribution is 0.637. The Morgan fingerprint density at radius 3 is 2.90 bits per heavy atom. The molecule has 1 aliphatic rings. The monoisotopic (exact) mass is 350 g/mol. The SMILES string of the molecule is Clc1cc(Br)ccc1NC1CCNCc2ccccc21. The van der Waals surface area contributed by atoms with Gasteiger partial charge in [0.05, 0.1) is 16.8 Å². The summed E-state index contributed by atoms with van der Waals surface area (Å²) in [5.41, 5.74) is 3.70. The van der Waals surface area contributed by atoms with Crippen molar-refractivity contribution in [2.75, 3.05) is 11.9 Å². The summed E-state index contributed by atoms with van der Waals surface area (Å²) in [6.07, 6.45) is 1.05. The van der Waals surface area contributed by atoms with Gasteiger partial charge in [-0.25, -0.2) is 0 Å². The first-order valence-corrected chi connectivity index (χ1v) is 7.91. The molecule has 3 rings (SSSR count). The average Bonchev–Trinajstić information content (AvgIpc) is 2.65. The summed E-state index contributed by atoms with van der Waals surface area (Å²) in [4.78, 5) is 0. The molecule has 0 saturated heterocycles. The molecule has 4 heteroatoms. The minimum absolute atomic E-state index is 0.292. The van der Waals surface area contributed by atoms with E-state index in [1.807, 2.05) is 18.2 Å². The normalized spacial score (nSPS) is 18.2. The quantitative estimate of drug-likeness (QED) is 0.816. The molecule has 2 N–H and O–H groups in total. The van der Waals surface area contributed by atoms with Crippen LogP contribution in [-0.2, 0) is 6.54 Å². The van der Waals surface area contributed by atoms with Crippen molar-refractivity contribution in [1.82, 2.24) is 5.32 Å². The van der Waals surface area contributed by atoms with Crippen molar-refractivity contribution in [3.63, 3.8) is 0 Å². The lowest BCUT2D eigenvalue weighted by Crippen LogP contribution is -2.15. The molecule has 0 aliphatic carbocycles. The van der Waals surface area contributed by atoms with Gasteiger partial charge in [0.2, 0.25) is 0 Å². The third-order valence-electron chi connectivity index (χ3n) is 3.62. The number of hydrogen-bond acceptors (Lipinski definition) is 2. The Morgan fingerprint density at radius 1 is 1.20 bits per heavy atom. The van der Waals surface area contributed by atoms with Crippen molar-refractivity contribution >= 4 is 33.2 Å². The maximum Gasteiger partial charge on any atom is 0.0648 e. The highest BCUT2D eigenvalue weighted by atomic mass is 79.9. The van der Waals surface area contributed by atoms with E-state index in [0.29, 0.717) is 6.04 Å². The van der Waals surface area contributed by atoms with Crippen LogP contribution in [0.1, 0.15) is 23.6 Å². The summed E-state index contributed by atoms with van der Waals surface area (Å²) in [5.74, 6) is 0. The van der Waals surface area contributed by atoms with Gasteiger partial charge in [-0.15, -0.1) is 0 Å². The van der Waals surface area contributed by atoms with Crippen LogP contribution in [0.2, 0.25) is 5.02 Å². The van der Waals surface area contributed by atoms with Gasteiger partial charge >= 0.3 is 0 Å². The van der Waals surface area contributed by atoms with Crippen molar-refractivity contribution in [2.24, 2.45) is 0 Å². The van der Waals surface area contributed by atoms with Crippen molar-refractivity contribution < 1.29 is 0 Å². The number of anilines is 1. The maximum absolute atomic E-state index is 6.31. The summed E-state index contributed by atoms with van der Waals surface area (Å²) in [7, 11) is 0. The predicted molar refractivity (Wildman–Crippen MR) is 88.3 cm³/mol. The zero-order chi connectivity index (χ0) is 13.9. The molecular formula is C16H16BrClN2. The zero-order valence-corrected chi connectivity index (χ0v) is 13.3. The number of nitrogens with one attached hydrogen (secondary N) is 2. The van der Waals surface area contributed by atoms with Crippen LogP contribution >= 0.6 is 27.5 Å². The van der Waals surface area contributed by atoms with E-state index < -0.39 is 0 Å². The fraction of sp³-hybridized carbons (Fsp3) is 0.250. The summed E-state index contributed by atoms with van der Waals surface area (Å²) in [6, 6.07) is 14.8. The Morgan fingerprint density at radius 2 is 2.05 bits per heavy atom. The van der Waals surface area contributed by atoms with E-state index >= 15 is 0 Å². The van der Waals surface area contributed by atoms with Gasteiger partial charge in [0.15, 0.2) is 0 Å². The predicted octanol–water partition coefficient (Wildman–Crippen LogP) is 4.75. The highest BCUT2D eigenvalue weighted by Crippen LogP contribution is 2.32. The van der Waals surface area contributed by atoms with Gasteiger partial charge in [-0.2, -0.15) is 0 Å². The van der Waals surface area contributed by atoms with Crippen LogP contribution in [0.4, 0.5) is 5.69 Å². The van der Waals surface area contributed by atoms with E-state index in [2.05, 4.69) is 50.8 Å². The lowest BCUT2D eigenvalue weighted by atomic mass is 9.99. The Bertz CT molecular complexity index is 615. The summed E-state index contributed by atoms with van der Waals surface area (Å²) in [6.45, 7) is 1.93. The molecule has 0 radical (unpaired) electrons. The third kappa shape index (κ3) is 3.00. The van der Waals surface area contributed by atoms with Crippen LogP contribution in [0.15, 0.2) is 46.9 Å². The fourth-order valence-electron chi connectivity index (χ4n) is 2.60. The number of hydrogen-bond donors (Lipinski definition) is 2. The summed E-state index contributed by atoms with van der Waals surface area (Å²) >= 11 is 9.75. The fourth-order valence-corrected chi connectivity index (χ4v) is 3.33. The topological polar surface area (TPSA) is 24.1 Å². The van der Waals surface area contributed by atoms with Gasteiger partial charge in [-0.3, -0.25) is 0 Å². The maximum atomic E-state index is 6.31. The molecule has 2 aromatic carbocycles. The first-order chi connectivity index (χ1) is 9.74. The lowest BCUT2D eigenvalue weighted by Gasteiger charge is -2.21. The summed E-state index contributed by atoms with van der Waals surface area (Å²) in [5, 5.41) is 7.79. The van der Waals surface area contributed by atoms with Crippen LogP contribution in [0.3, 0.4) is 0 Å².